The molecule has 1 aromatic rings. The summed E-state index contributed by atoms with van der Waals surface area (Å²) in [5.74, 6) is -0.428. The highest BCUT2D eigenvalue weighted by atomic mass is 32.2. The Balaban J connectivity index is 2.76. The van der Waals surface area contributed by atoms with E-state index >= 15 is 0 Å². The topological polar surface area (TPSA) is 75.4 Å². The van der Waals surface area contributed by atoms with Crippen LogP contribution in [0.15, 0.2) is 24.3 Å². The molecule has 0 heterocycles. The highest BCUT2D eigenvalue weighted by Crippen LogP contribution is 2.17. The van der Waals surface area contributed by atoms with Crippen molar-refractivity contribution in [3.8, 4) is 0 Å². The molecule has 7 heteroatoms. The summed E-state index contributed by atoms with van der Waals surface area (Å²) in [6, 6.07) is 5.46. The minimum Gasteiger partial charge on any atom is -0.330 e. The summed E-state index contributed by atoms with van der Waals surface area (Å²) in [4.78, 5) is 0. The van der Waals surface area contributed by atoms with Gasteiger partial charge in [0.05, 0.1) is 0 Å². The van der Waals surface area contributed by atoms with Crippen molar-refractivity contribution >= 4 is 10.2 Å². The van der Waals surface area contributed by atoms with Crippen molar-refractivity contribution in [3.63, 3.8) is 0 Å². The Labute approximate surface area is 113 Å². The lowest BCUT2D eigenvalue weighted by atomic mass is 10.1. The average molecular weight is 289 g/mol. The first-order chi connectivity index (χ1) is 8.88. The number of nitrogens with one attached hydrogen (secondary N) is 1. The van der Waals surface area contributed by atoms with Gasteiger partial charge in [-0.2, -0.15) is 17.4 Å². The van der Waals surface area contributed by atoms with E-state index in [1.807, 2.05) is 0 Å². The van der Waals surface area contributed by atoms with Crippen LogP contribution in [0.25, 0.3) is 0 Å². The third-order valence-corrected chi connectivity index (χ3v) is 4.44. The standard InChI is InChI=1S/C12H20FN3O2S/c1-10(11-6-3-4-7-12(11)13)15-19(17,18)16(2)9-5-8-14/h3-4,6-7,10,15H,5,8-9,14H2,1-2H3. The summed E-state index contributed by atoms with van der Waals surface area (Å²) >= 11 is 0. The molecule has 1 atom stereocenters. The van der Waals surface area contributed by atoms with Gasteiger partial charge in [0.2, 0.25) is 0 Å². The van der Waals surface area contributed by atoms with Crippen LogP contribution in [0, 0.1) is 5.82 Å². The van der Waals surface area contributed by atoms with Crippen LogP contribution in [0.2, 0.25) is 0 Å². The third-order valence-electron chi connectivity index (χ3n) is 2.78. The molecule has 3 N–H and O–H groups in total. The highest BCUT2D eigenvalue weighted by molar-refractivity contribution is 7.87. The number of benzene rings is 1. The zero-order valence-corrected chi connectivity index (χ0v) is 12.0. The maximum absolute atomic E-state index is 13.6. The van der Waals surface area contributed by atoms with Crippen LogP contribution in [-0.4, -0.2) is 32.9 Å². The Bertz CT molecular complexity index is 507. The zero-order chi connectivity index (χ0) is 14.5. The zero-order valence-electron chi connectivity index (χ0n) is 11.1. The fraction of sp³-hybridized carbons (Fsp3) is 0.500. The molecule has 0 aliphatic carbocycles. The second kappa shape index (κ2) is 6.95. The van der Waals surface area contributed by atoms with Crippen LogP contribution in [0.1, 0.15) is 24.9 Å². The molecular weight excluding hydrogens is 269 g/mol. The summed E-state index contributed by atoms with van der Waals surface area (Å²) in [5, 5.41) is 0. The van der Waals surface area contributed by atoms with Crippen molar-refractivity contribution in [1.29, 1.82) is 0 Å². The minimum atomic E-state index is -3.64. The summed E-state index contributed by atoms with van der Waals surface area (Å²) in [6.45, 7) is 2.35. The van der Waals surface area contributed by atoms with Crippen LogP contribution < -0.4 is 10.5 Å². The molecule has 108 valence electrons. The molecule has 1 unspecified atom stereocenters. The van der Waals surface area contributed by atoms with Crippen LogP contribution >= 0.6 is 0 Å². The molecular formula is C12H20FN3O2S. The summed E-state index contributed by atoms with van der Waals surface area (Å²) in [6.07, 6.45) is 0.575. The van der Waals surface area contributed by atoms with E-state index in [1.165, 1.54) is 17.4 Å². The Morgan fingerprint density at radius 3 is 2.63 bits per heavy atom. The maximum Gasteiger partial charge on any atom is 0.279 e. The van der Waals surface area contributed by atoms with Crippen LogP contribution in [-0.2, 0) is 10.2 Å². The van der Waals surface area contributed by atoms with Crippen molar-refractivity contribution in [2.75, 3.05) is 20.1 Å². The van der Waals surface area contributed by atoms with E-state index in [2.05, 4.69) is 4.72 Å². The van der Waals surface area contributed by atoms with E-state index in [4.69, 9.17) is 5.73 Å². The lowest BCUT2D eigenvalue weighted by Gasteiger charge is -2.21. The fourth-order valence-electron chi connectivity index (χ4n) is 1.64. The van der Waals surface area contributed by atoms with Gasteiger partial charge in [-0.15, -0.1) is 0 Å². The van der Waals surface area contributed by atoms with E-state index < -0.39 is 22.1 Å². The van der Waals surface area contributed by atoms with Crippen molar-refractivity contribution in [2.24, 2.45) is 5.73 Å². The Kier molecular flexibility index (Phi) is 5.86. The van der Waals surface area contributed by atoms with Gasteiger partial charge >= 0.3 is 0 Å². The Morgan fingerprint density at radius 1 is 1.42 bits per heavy atom. The summed E-state index contributed by atoms with van der Waals surface area (Å²) in [7, 11) is -2.17. The third kappa shape index (κ3) is 4.54. The van der Waals surface area contributed by atoms with Crippen molar-refractivity contribution in [1.82, 2.24) is 9.03 Å². The van der Waals surface area contributed by atoms with E-state index in [-0.39, 0.29) is 0 Å². The number of nitrogens with two attached hydrogens (primary N) is 1. The van der Waals surface area contributed by atoms with Gasteiger partial charge in [0, 0.05) is 25.2 Å². The van der Waals surface area contributed by atoms with Gasteiger partial charge < -0.3 is 5.73 Å². The first kappa shape index (κ1) is 16.0. The molecule has 0 amide bonds. The van der Waals surface area contributed by atoms with Crippen LogP contribution in [0.5, 0.6) is 0 Å². The van der Waals surface area contributed by atoms with Gasteiger partial charge in [-0.1, -0.05) is 18.2 Å². The maximum atomic E-state index is 13.6. The smallest absolute Gasteiger partial charge is 0.279 e. The molecule has 19 heavy (non-hydrogen) atoms. The van der Waals surface area contributed by atoms with Gasteiger partial charge in [-0.3, -0.25) is 0 Å². The molecule has 1 aromatic carbocycles. The van der Waals surface area contributed by atoms with E-state index in [1.54, 1.807) is 25.1 Å². The lowest BCUT2D eigenvalue weighted by Crippen LogP contribution is -2.40. The van der Waals surface area contributed by atoms with Gasteiger partial charge in [-0.25, -0.2) is 4.39 Å². The Morgan fingerprint density at radius 2 is 2.05 bits per heavy atom. The normalized spacial score (nSPS) is 13.7. The molecule has 0 spiro atoms. The van der Waals surface area contributed by atoms with Crippen LogP contribution in [0.3, 0.4) is 0 Å². The predicted octanol–water partition coefficient (Wildman–Crippen LogP) is 1.00. The summed E-state index contributed by atoms with van der Waals surface area (Å²) in [5.41, 5.74) is 5.66. The quantitative estimate of drug-likeness (QED) is 0.786. The number of hydrogen-bond acceptors (Lipinski definition) is 3. The monoisotopic (exact) mass is 289 g/mol. The van der Waals surface area contributed by atoms with Crippen molar-refractivity contribution in [2.45, 2.75) is 19.4 Å². The molecule has 0 bridgehead atoms. The molecule has 0 saturated heterocycles. The number of hydrogen-bond donors (Lipinski definition) is 2. The number of halogens is 1. The molecule has 0 radical (unpaired) electrons. The van der Waals surface area contributed by atoms with Gasteiger partial charge in [0.25, 0.3) is 10.2 Å². The van der Waals surface area contributed by atoms with Gasteiger partial charge in [0.15, 0.2) is 0 Å². The van der Waals surface area contributed by atoms with Crippen molar-refractivity contribution in [3.05, 3.63) is 35.6 Å². The Hall–Kier alpha value is -1.02. The fourth-order valence-corrected chi connectivity index (χ4v) is 2.76. The number of rotatable bonds is 7. The van der Waals surface area contributed by atoms with Crippen LogP contribution in [0.4, 0.5) is 4.39 Å². The predicted molar refractivity (Wildman–Crippen MR) is 73.2 cm³/mol. The first-order valence-electron chi connectivity index (χ1n) is 6.06. The number of nitrogens with zero attached hydrogens (tertiary/aromatic N) is 1. The molecule has 0 aromatic heterocycles. The largest absolute Gasteiger partial charge is 0.330 e. The molecule has 0 fully saturated rings. The molecule has 0 aliphatic rings. The lowest BCUT2D eigenvalue weighted by molar-refractivity contribution is 0.444. The SMILES string of the molecule is CC(NS(=O)(=O)N(C)CCCN)c1ccccc1F. The van der Waals surface area contributed by atoms with Gasteiger partial charge in [-0.05, 0) is 26.0 Å². The molecule has 5 nitrogen and oxygen atoms in total. The average Bonchev–Trinajstić information content (AvgIpc) is 2.35. The molecule has 0 saturated carbocycles. The highest BCUT2D eigenvalue weighted by Gasteiger charge is 2.21. The van der Waals surface area contributed by atoms with E-state index in [0.29, 0.717) is 25.1 Å². The summed E-state index contributed by atoms with van der Waals surface area (Å²) < 4.78 is 41.1. The molecule has 1 rings (SSSR count). The second-order valence-electron chi connectivity index (χ2n) is 4.33. The van der Waals surface area contributed by atoms with Gasteiger partial charge in [0.1, 0.15) is 5.82 Å². The van der Waals surface area contributed by atoms with E-state index in [0.717, 1.165) is 0 Å². The second-order valence-corrected chi connectivity index (χ2v) is 6.14. The van der Waals surface area contributed by atoms with Crippen molar-refractivity contribution < 1.29 is 12.8 Å². The first-order valence-corrected chi connectivity index (χ1v) is 7.50. The minimum absolute atomic E-state index is 0.318. The molecule has 0 aliphatic heterocycles. The van der Waals surface area contributed by atoms with E-state index in [9.17, 15) is 12.8 Å².